The maximum Gasteiger partial charge on any atom is 0.257 e. The molecule has 0 saturated heterocycles. The van der Waals surface area contributed by atoms with E-state index in [1.54, 1.807) is 25.2 Å². The summed E-state index contributed by atoms with van der Waals surface area (Å²) >= 11 is 0. The summed E-state index contributed by atoms with van der Waals surface area (Å²) in [4.78, 5) is 62.2. The molecule has 0 saturated carbocycles. The number of nitrogens with one attached hydrogen (secondary N) is 4. The fraction of sp³-hybridized carbons (Fsp3) is 0.393. The molecule has 2 atom stereocenters. The number of nitrogens with zero attached hydrogens (tertiary/aromatic N) is 1. The van der Waals surface area contributed by atoms with Crippen LogP contribution >= 0.6 is 0 Å². The maximum atomic E-state index is 13.4. The average Bonchev–Trinajstić information content (AvgIpc) is 2.95. The van der Waals surface area contributed by atoms with Crippen molar-refractivity contribution in [2.75, 3.05) is 39.5 Å². The molecule has 10 nitrogen and oxygen atoms in total. The van der Waals surface area contributed by atoms with E-state index in [-0.39, 0.29) is 29.9 Å². The van der Waals surface area contributed by atoms with Crippen molar-refractivity contribution in [3.8, 4) is 0 Å². The van der Waals surface area contributed by atoms with E-state index in [1.165, 1.54) is 19.0 Å². The Hall–Kier alpha value is -4.05. The molecule has 0 aliphatic rings. The van der Waals surface area contributed by atoms with Crippen molar-refractivity contribution >= 4 is 36.0 Å². The van der Waals surface area contributed by atoms with Gasteiger partial charge in [-0.05, 0) is 37.9 Å². The lowest BCUT2D eigenvalue weighted by atomic mass is 10.0. The molecular weight excluding hydrogens is 486 g/mol. The summed E-state index contributed by atoms with van der Waals surface area (Å²) in [5.74, 6) is -1.00. The number of unbranched alkanes of at least 4 members (excludes halogenated alkanes) is 1. The Morgan fingerprint density at radius 1 is 0.921 bits per heavy atom. The van der Waals surface area contributed by atoms with E-state index < -0.39 is 23.9 Å². The standard InChI is InChI=1S/C28H37N5O5/c1-29-25(20-11-5-4-6-12-20)27(37)32-17-8-7-16-31-22-14-9-13-21(19-35)24(22)28(38)33(3)23(15-10-18-34)26(36)30-2/h4-6,9,11-14,18-19,23,25,29,31H,7-8,10,15-17H2,1-3H3,(H,30,36)(H,32,37). The first-order valence-corrected chi connectivity index (χ1v) is 12.6. The third kappa shape index (κ3) is 8.24. The number of likely N-dealkylation sites (N-methyl/N-ethyl adjacent to an activating group) is 3. The summed E-state index contributed by atoms with van der Waals surface area (Å²) in [6.45, 7) is 0.985. The van der Waals surface area contributed by atoms with Gasteiger partial charge in [0.25, 0.3) is 5.91 Å². The Morgan fingerprint density at radius 3 is 2.26 bits per heavy atom. The number of carbonyl (C=O) groups is 5. The van der Waals surface area contributed by atoms with Crippen molar-refractivity contribution in [1.82, 2.24) is 20.9 Å². The zero-order chi connectivity index (χ0) is 27.9. The lowest BCUT2D eigenvalue weighted by Gasteiger charge is -2.28. The van der Waals surface area contributed by atoms with E-state index in [0.717, 1.165) is 5.56 Å². The van der Waals surface area contributed by atoms with Crippen molar-refractivity contribution in [2.24, 2.45) is 0 Å². The molecule has 2 rings (SSSR count). The van der Waals surface area contributed by atoms with Crippen molar-refractivity contribution in [3.05, 3.63) is 65.2 Å². The molecule has 0 radical (unpaired) electrons. The van der Waals surface area contributed by atoms with Crippen LogP contribution < -0.4 is 21.3 Å². The van der Waals surface area contributed by atoms with Crippen LogP contribution in [0.5, 0.6) is 0 Å². The highest BCUT2D eigenvalue weighted by atomic mass is 16.2. The maximum absolute atomic E-state index is 13.4. The number of carbonyl (C=O) groups excluding carboxylic acids is 5. The van der Waals surface area contributed by atoms with E-state index in [0.29, 0.717) is 44.2 Å². The van der Waals surface area contributed by atoms with Crippen LogP contribution in [0.4, 0.5) is 5.69 Å². The molecule has 0 fully saturated rings. The Morgan fingerprint density at radius 2 is 1.63 bits per heavy atom. The first-order valence-electron chi connectivity index (χ1n) is 12.6. The smallest absolute Gasteiger partial charge is 0.257 e. The van der Waals surface area contributed by atoms with Crippen LogP contribution in [-0.4, -0.2) is 75.5 Å². The van der Waals surface area contributed by atoms with E-state index in [9.17, 15) is 24.0 Å². The first kappa shape index (κ1) is 30.2. The summed E-state index contributed by atoms with van der Waals surface area (Å²) in [7, 11) is 4.68. The number of anilines is 1. The van der Waals surface area contributed by atoms with Gasteiger partial charge in [-0.2, -0.15) is 0 Å². The molecule has 0 heterocycles. The van der Waals surface area contributed by atoms with Gasteiger partial charge in [0.05, 0.1) is 5.56 Å². The Balaban J connectivity index is 1.99. The molecule has 3 amide bonds. The fourth-order valence-corrected chi connectivity index (χ4v) is 4.15. The van der Waals surface area contributed by atoms with Crippen LogP contribution in [0, 0.1) is 0 Å². The van der Waals surface area contributed by atoms with Crippen molar-refractivity contribution in [2.45, 2.75) is 37.8 Å². The topological polar surface area (TPSA) is 137 Å². The summed E-state index contributed by atoms with van der Waals surface area (Å²) in [6, 6.07) is 13.1. The second kappa shape index (κ2) is 15.9. The molecule has 2 aromatic rings. The molecule has 4 N–H and O–H groups in total. The van der Waals surface area contributed by atoms with Gasteiger partial charge in [0, 0.05) is 44.9 Å². The largest absolute Gasteiger partial charge is 0.384 e. The van der Waals surface area contributed by atoms with Gasteiger partial charge >= 0.3 is 0 Å². The minimum absolute atomic E-state index is 0.110. The molecule has 2 unspecified atom stereocenters. The van der Waals surface area contributed by atoms with E-state index in [4.69, 9.17) is 0 Å². The summed E-state index contributed by atoms with van der Waals surface area (Å²) in [5.41, 5.74) is 1.72. The molecule has 2 aromatic carbocycles. The van der Waals surface area contributed by atoms with Crippen molar-refractivity contribution in [1.29, 1.82) is 0 Å². The van der Waals surface area contributed by atoms with Crippen LogP contribution in [0.3, 0.4) is 0 Å². The van der Waals surface area contributed by atoms with Crippen molar-refractivity contribution in [3.63, 3.8) is 0 Å². The Kier molecular flexibility index (Phi) is 12.7. The lowest BCUT2D eigenvalue weighted by molar-refractivity contribution is -0.125. The molecule has 0 spiro atoms. The van der Waals surface area contributed by atoms with E-state index in [1.807, 2.05) is 30.3 Å². The van der Waals surface area contributed by atoms with Crippen molar-refractivity contribution < 1.29 is 24.0 Å². The van der Waals surface area contributed by atoms with Gasteiger partial charge in [0.1, 0.15) is 18.4 Å². The molecule has 10 heteroatoms. The van der Waals surface area contributed by atoms with Gasteiger partial charge in [-0.25, -0.2) is 0 Å². The second-order valence-corrected chi connectivity index (χ2v) is 8.74. The second-order valence-electron chi connectivity index (χ2n) is 8.74. The van der Waals surface area contributed by atoms with E-state index >= 15 is 0 Å². The monoisotopic (exact) mass is 523 g/mol. The molecular formula is C28H37N5O5. The van der Waals surface area contributed by atoms with Crippen LogP contribution in [0.15, 0.2) is 48.5 Å². The van der Waals surface area contributed by atoms with Gasteiger partial charge in [0.15, 0.2) is 6.29 Å². The quantitative estimate of drug-likeness (QED) is 0.195. The number of hydrogen-bond donors (Lipinski definition) is 4. The predicted octanol–water partition coefficient (Wildman–Crippen LogP) is 1.93. The zero-order valence-corrected chi connectivity index (χ0v) is 22.2. The first-order chi connectivity index (χ1) is 18.4. The van der Waals surface area contributed by atoms with Gasteiger partial charge in [-0.3, -0.25) is 19.2 Å². The molecule has 204 valence electrons. The summed E-state index contributed by atoms with van der Waals surface area (Å²) in [5, 5.41) is 11.7. The highest BCUT2D eigenvalue weighted by Gasteiger charge is 2.29. The van der Waals surface area contributed by atoms with Crippen LogP contribution in [0.1, 0.15) is 58.0 Å². The molecule has 0 aliphatic heterocycles. The SMILES string of the molecule is CNC(=O)C(CCC=O)N(C)C(=O)c1c(C=O)cccc1NCCCCNC(=O)C(NC)c1ccccc1. The molecule has 0 bridgehead atoms. The molecule has 38 heavy (non-hydrogen) atoms. The number of aldehydes is 2. The van der Waals surface area contributed by atoms with E-state index in [2.05, 4.69) is 21.3 Å². The van der Waals surface area contributed by atoms with Crippen LogP contribution in [0.25, 0.3) is 0 Å². The number of benzene rings is 2. The van der Waals surface area contributed by atoms with Gasteiger partial charge in [0.2, 0.25) is 11.8 Å². The van der Waals surface area contributed by atoms with Crippen LogP contribution in [-0.2, 0) is 14.4 Å². The minimum Gasteiger partial charge on any atom is -0.384 e. The lowest BCUT2D eigenvalue weighted by Crippen LogP contribution is -2.47. The normalized spacial score (nSPS) is 12.1. The minimum atomic E-state index is -0.855. The number of amides is 3. The number of hydrogen-bond acceptors (Lipinski definition) is 7. The zero-order valence-electron chi connectivity index (χ0n) is 22.2. The van der Waals surface area contributed by atoms with Crippen LogP contribution in [0.2, 0.25) is 0 Å². The highest BCUT2D eigenvalue weighted by Crippen LogP contribution is 2.23. The third-order valence-electron chi connectivity index (χ3n) is 6.23. The van der Waals surface area contributed by atoms with Gasteiger partial charge < -0.3 is 31.0 Å². The Bertz CT molecular complexity index is 1090. The average molecular weight is 524 g/mol. The number of rotatable bonds is 16. The fourth-order valence-electron chi connectivity index (χ4n) is 4.15. The summed E-state index contributed by atoms with van der Waals surface area (Å²) in [6.07, 6.45) is 2.99. The predicted molar refractivity (Wildman–Crippen MR) is 146 cm³/mol. The Labute approximate surface area is 223 Å². The van der Waals surface area contributed by atoms with Gasteiger partial charge in [-0.1, -0.05) is 42.5 Å². The molecule has 0 aromatic heterocycles. The van der Waals surface area contributed by atoms with Gasteiger partial charge in [-0.15, -0.1) is 0 Å². The molecule has 0 aliphatic carbocycles. The highest BCUT2D eigenvalue weighted by molar-refractivity contribution is 6.07. The summed E-state index contributed by atoms with van der Waals surface area (Å²) < 4.78 is 0. The third-order valence-corrected chi connectivity index (χ3v) is 6.23.